The third kappa shape index (κ3) is 3.77. The Balaban J connectivity index is 2.79. The van der Waals surface area contributed by atoms with Crippen LogP contribution in [0.15, 0.2) is 24.3 Å². The zero-order valence-electron chi connectivity index (χ0n) is 10.9. The van der Waals surface area contributed by atoms with Crippen molar-refractivity contribution in [2.24, 2.45) is 0 Å². The second-order valence-corrected chi connectivity index (χ2v) is 3.85. The molecule has 0 fully saturated rings. The molecule has 0 unspecified atom stereocenters. The minimum absolute atomic E-state index is 0.0666. The quantitative estimate of drug-likeness (QED) is 0.758. The Labute approximate surface area is 103 Å². The number of carbonyl (C=O) groups is 1. The SMILES string of the molecule is CCCOc1cccc(C(=O)N(CC)CC)c1. The molecule has 0 heterocycles. The molecule has 0 aromatic heterocycles. The molecule has 0 aliphatic heterocycles. The lowest BCUT2D eigenvalue weighted by Crippen LogP contribution is -2.30. The summed E-state index contributed by atoms with van der Waals surface area (Å²) in [6.07, 6.45) is 0.966. The van der Waals surface area contributed by atoms with E-state index in [0.717, 1.165) is 25.3 Å². The molecule has 0 N–H and O–H groups in total. The van der Waals surface area contributed by atoms with Gasteiger partial charge in [-0.05, 0) is 38.5 Å². The van der Waals surface area contributed by atoms with Gasteiger partial charge in [-0.2, -0.15) is 0 Å². The van der Waals surface area contributed by atoms with Crippen LogP contribution >= 0.6 is 0 Å². The van der Waals surface area contributed by atoms with Gasteiger partial charge >= 0.3 is 0 Å². The third-order valence-corrected chi connectivity index (χ3v) is 2.60. The van der Waals surface area contributed by atoms with Gasteiger partial charge in [-0.25, -0.2) is 0 Å². The van der Waals surface area contributed by atoms with Crippen molar-refractivity contribution < 1.29 is 9.53 Å². The molecule has 3 nitrogen and oxygen atoms in total. The number of rotatable bonds is 6. The van der Waals surface area contributed by atoms with Gasteiger partial charge in [-0.15, -0.1) is 0 Å². The minimum Gasteiger partial charge on any atom is -0.494 e. The molecule has 0 aliphatic carbocycles. The summed E-state index contributed by atoms with van der Waals surface area (Å²) in [4.78, 5) is 13.9. The van der Waals surface area contributed by atoms with E-state index in [9.17, 15) is 4.79 Å². The molecule has 3 heteroatoms. The number of benzene rings is 1. The highest BCUT2D eigenvalue weighted by Crippen LogP contribution is 2.15. The molecule has 1 rings (SSSR count). The van der Waals surface area contributed by atoms with Crippen molar-refractivity contribution in [3.05, 3.63) is 29.8 Å². The van der Waals surface area contributed by atoms with Crippen molar-refractivity contribution in [2.75, 3.05) is 19.7 Å². The average molecular weight is 235 g/mol. The molecule has 17 heavy (non-hydrogen) atoms. The van der Waals surface area contributed by atoms with Gasteiger partial charge in [-0.1, -0.05) is 13.0 Å². The van der Waals surface area contributed by atoms with Crippen molar-refractivity contribution in [1.82, 2.24) is 4.90 Å². The molecule has 0 atom stereocenters. The Hall–Kier alpha value is -1.51. The van der Waals surface area contributed by atoms with Crippen molar-refractivity contribution >= 4 is 5.91 Å². The Kier molecular flexibility index (Phi) is 5.53. The summed E-state index contributed by atoms with van der Waals surface area (Å²) >= 11 is 0. The molecule has 0 saturated carbocycles. The van der Waals surface area contributed by atoms with Gasteiger partial charge in [0.1, 0.15) is 5.75 Å². The molecular formula is C14H21NO2. The molecule has 0 bridgehead atoms. The Morgan fingerprint density at radius 3 is 2.53 bits per heavy atom. The lowest BCUT2D eigenvalue weighted by Gasteiger charge is -2.18. The van der Waals surface area contributed by atoms with Crippen LogP contribution in [-0.4, -0.2) is 30.5 Å². The van der Waals surface area contributed by atoms with Crippen LogP contribution in [0.3, 0.4) is 0 Å². The highest BCUT2D eigenvalue weighted by molar-refractivity contribution is 5.94. The van der Waals surface area contributed by atoms with Crippen LogP contribution < -0.4 is 4.74 Å². The van der Waals surface area contributed by atoms with E-state index >= 15 is 0 Å². The summed E-state index contributed by atoms with van der Waals surface area (Å²) in [5, 5.41) is 0. The molecule has 1 aromatic carbocycles. The Morgan fingerprint density at radius 2 is 1.94 bits per heavy atom. The summed E-state index contributed by atoms with van der Waals surface area (Å²) in [5.74, 6) is 0.835. The van der Waals surface area contributed by atoms with E-state index in [1.165, 1.54) is 0 Å². The van der Waals surface area contributed by atoms with Gasteiger partial charge in [-0.3, -0.25) is 4.79 Å². The van der Waals surface area contributed by atoms with Crippen LogP contribution in [0.5, 0.6) is 5.75 Å². The first-order chi connectivity index (χ1) is 8.22. The van der Waals surface area contributed by atoms with Gasteiger partial charge in [0.05, 0.1) is 6.61 Å². The zero-order chi connectivity index (χ0) is 12.7. The molecular weight excluding hydrogens is 214 g/mol. The molecule has 1 amide bonds. The van der Waals surface area contributed by atoms with Crippen LogP contribution in [-0.2, 0) is 0 Å². The first-order valence-electron chi connectivity index (χ1n) is 6.25. The van der Waals surface area contributed by atoms with Gasteiger partial charge < -0.3 is 9.64 Å². The number of nitrogens with zero attached hydrogens (tertiary/aromatic N) is 1. The van der Waals surface area contributed by atoms with E-state index in [-0.39, 0.29) is 5.91 Å². The molecule has 94 valence electrons. The topological polar surface area (TPSA) is 29.5 Å². The maximum atomic E-state index is 12.1. The predicted molar refractivity (Wildman–Crippen MR) is 69.5 cm³/mol. The largest absolute Gasteiger partial charge is 0.494 e. The van der Waals surface area contributed by atoms with E-state index in [1.807, 2.05) is 38.1 Å². The highest BCUT2D eigenvalue weighted by atomic mass is 16.5. The number of amides is 1. The first kappa shape index (κ1) is 13.6. The summed E-state index contributed by atoms with van der Waals surface area (Å²) < 4.78 is 5.52. The Morgan fingerprint density at radius 1 is 1.24 bits per heavy atom. The monoisotopic (exact) mass is 235 g/mol. The summed E-state index contributed by atoms with van der Waals surface area (Å²) in [7, 11) is 0. The molecule has 0 aliphatic rings. The smallest absolute Gasteiger partial charge is 0.253 e. The number of hydrogen-bond acceptors (Lipinski definition) is 2. The zero-order valence-corrected chi connectivity index (χ0v) is 10.9. The van der Waals surface area contributed by atoms with Crippen LogP contribution in [0.2, 0.25) is 0 Å². The van der Waals surface area contributed by atoms with Crippen LogP contribution in [0, 0.1) is 0 Å². The van der Waals surface area contributed by atoms with Gasteiger partial charge in [0.25, 0.3) is 5.91 Å². The normalized spacial score (nSPS) is 10.1. The van der Waals surface area contributed by atoms with Gasteiger partial charge in [0.15, 0.2) is 0 Å². The van der Waals surface area contributed by atoms with Crippen molar-refractivity contribution in [3.8, 4) is 5.75 Å². The summed E-state index contributed by atoms with van der Waals surface area (Å²) in [6.45, 7) is 8.18. The number of carbonyl (C=O) groups excluding carboxylic acids is 1. The Bertz CT molecular complexity index is 359. The molecule has 0 spiro atoms. The van der Waals surface area contributed by atoms with Crippen LogP contribution in [0.25, 0.3) is 0 Å². The second kappa shape index (κ2) is 6.94. The molecule has 0 saturated heterocycles. The lowest BCUT2D eigenvalue weighted by atomic mass is 10.2. The van der Waals surface area contributed by atoms with Crippen molar-refractivity contribution in [1.29, 1.82) is 0 Å². The van der Waals surface area contributed by atoms with E-state index in [4.69, 9.17) is 4.74 Å². The number of ether oxygens (including phenoxy) is 1. The standard InChI is InChI=1S/C14H21NO2/c1-4-10-17-13-9-7-8-12(11-13)14(16)15(5-2)6-3/h7-9,11H,4-6,10H2,1-3H3. The van der Waals surface area contributed by atoms with E-state index in [2.05, 4.69) is 6.92 Å². The van der Waals surface area contributed by atoms with Crippen molar-refractivity contribution in [3.63, 3.8) is 0 Å². The highest BCUT2D eigenvalue weighted by Gasteiger charge is 2.12. The van der Waals surface area contributed by atoms with Crippen molar-refractivity contribution in [2.45, 2.75) is 27.2 Å². The third-order valence-electron chi connectivity index (χ3n) is 2.60. The predicted octanol–water partition coefficient (Wildman–Crippen LogP) is 2.96. The maximum Gasteiger partial charge on any atom is 0.253 e. The minimum atomic E-state index is 0.0666. The van der Waals surface area contributed by atoms with E-state index in [1.54, 1.807) is 4.90 Å². The van der Waals surface area contributed by atoms with Gasteiger partial charge in [0.2, 0.25) is 0 Å². The molecule has 1 aromatic rings. The fourth-order valence-electron chi connectivity index (χ4n) is 1.63. The summed E-state index contributed by atoms with van der Waals surface area (Å²) in [6, 6.07) is 7.40. The summed E-state index contributed by atoms with van der Waals surface area (Å²) in [5.41, 5.74) is 0.697. The maximum absolute atomic E-state index is 12.1. The van der Waals surface area contributed by atoms with Gasteiger partial charge in [0, 0.05) is 18.7 Å². The molecule has 0 radical (unpaired) electrons. The average Bonchev–Trinajstić information content (AvgIpc) is 2.38. The first-order valence-corrected chi connectivity index (χ1v) is 6.25. The van der Waals surface area contributed by atoms with E-state index < -0.39 is 0 Å². The lowest BCUT2D eigenvalue weighted by molar-refractivity contribution is 0.0772. The van der Waals surface area contributed by atoms with Crippen LogP contribution in [0.4, 0.5) is 0 Å². The van der Waals surface area contributed by atoms with E-state index in [0.29, 0.717) is 12.2 Å². The fourth-order valence-corrected chi connectivity index (χ4v) is 1.63. The van der Waals surface area contributed by atoms with Crippen LogP contribution in [0.1, 0.15) is 37.6 Å². The fraction of sp³-hybridized carbons (Fsp3) is 0.500. The number of hydrogen-bond donors (Lipinski definition) is 0. The second-order valence-electron chi connectivity index (χ2n) is 3.85.